The first-order valence-electron chi connectivity index (χ1n) is 10.8. The fourth-order valence-corrected chi connectivity index (χ4v) is 3.78. The number of nitrogens with zero attached hydrogens (tertiary/aromatic N) is 4. The summed E-state index contributed by atoms with van der Waals surface area (Å²) in [6, 6.07) is 11.2. The summed E-state index contributed by atoms with van der Waals surface area (Å²) in [5.74, 6) is 0.238. The van der Waals surface area contributed by atoms with E-state index in [4.69, 9.17) is 4.52 Å². The van der Waals surface area contributed by atoms with Gasteiger partial charge in [-0.2, -0.15) is 4.98 Å². The van der Waals surface area contributed by atoms with Crippen molar-refractivity contribution in [1.82, 2.24) is 25.3 Å². The van der Waals surface area contributed by atoms with E-state index in [2.05, 4.69) is 20.4 Å². The van der Waals surface area contributed by atoms with Gasteiger partial charge in [-0.1, -0.05) is 48.8 Å². The van der Waals surface area contributed by atoms with E-state index < -0.39 is 12.0 Å². The number of aryl methyl sites for hydroxylation is 1. The van der Waals surface area contributed by atoms with Crippen molar-refractivity contribution in [3.8, 4) is 11.4 Å². The molecule has 1 aromatic carbocycles. The summed E-state index contributed by atoms with van der Waals surface area (Å²) in [6.45, 7) is 6.89. The van der Waals surface area contributed by atoms with Crippen LogP contribution in [0.2, 0.25) is 0 Å². The predicted octanol–water partition coefficient (Wildman–Crippen LogP) is 3.30. The van der Waals surface area contributed by atoms with Gasteiger partial charge in [0.05, 0.1) is 5.92 Å². The Morgan fingerprint density at radius 2 is 1.91 bits per heavy atom. The van der Waals surface area contributed by atoms with Crippen molar-refractivity contribution in [1.29, 1.82) is 0 Å². The number of hydrogen-bond donors (Lipinski definition) is 1. The van der Waals surface area contributed by atoms with Crippen LogP contribution in [0.25, 0.3) is 11.4 Å². The number of likely N-dealkylation sites (tertiary alicyclic amines) is 1. The van der Waals surface area contributed by atoms with Gasteiger partial charge in [-0.15, -0.1) is 0 Å². The molecule has 1 fully saturated rings. The third-order valence-electron chi connectivity index (χ3n) is 5.69. The molecule has 4 rings (SSSR count). The molecule has 8 heteroatoms. The second-order valence-corrected chi connectivity index (χ2v) is 8.58. The minimum absolute atomic E-state index is 0.00964. The van der Waals surface area contributed by atoms with Gasteiger partial charge in [0.2, 0.25) is 23.5 Å². The number of pyridine rings is 1. The van der Waals surface area contributed by atoms with Crippen LogP contribution in [-0.4, -0.2) is 38.4 Å². The number of benzene rings is 1. The molecule has 2 amide bonds. The van der Waals surface area contributed by atoms with Crippen LogP contribution in [-0.2, 0) is 16.1 Å². The molecule has 166 valence electrons. The summed E-state index contributed by atoms with van der Waals surface area (Å²) >= 11 is 0. The smallest absolute Gasteiger partial charge is 0.249 e. The highest BCUT2D eigenvalue weighted by Gasteiger charge is 2.36. The maximum Gasteiger partial charge on any atom is 0.249 e. The third-order valence-corrected chi connectivity index (χ3v) is 5.69. The highest BCUT2D eigenvalue weighted by molar-refractivity contribution is 5.89. The number of amides is 2. The van der Waals surface area contributed by atoms with Crippen LogP contribution in [0.15, 0.2) is 53.3 Å². The summed E-state index contributed by atoms with van der Waals surface area (Å²) in [4.78, 5) is 35.7. The first-order valence-corrected chi connectivity index (χ1v) is 10.8. The zero-order valence-corrected chi connectivity index (χ0v) is 18.5. The van der Waals surface area contributed by atoms with Gasteiger partial charge in [-0.05, 0) is 30.5 Å². The summed E-state index contributed by atoms with van der Waals surface area (Å²) in [6.07, 6.45) is 3.52. The number of hydrogen-bond acceptors (Lipinski definition) is 6. The van der Waals surface area contributed by atoms with Gasteiger partial charge in [0.25, 0.3) is 0 Å². The van der Waals surface area contributed by atoms with E-state index in [0.717, 1.165) is 11.1 Å². The summed E-state index contributed by atoms with van der Waals surface area (Å²) < 4.78 is 5.46. The normalized spacial score (nSPS) is 17.1. The third kappa shape index (κ3) is 4.85. The van der Waals surface area contributed by atoms with E-state index >= 15 is 0 Å². The molecule has 0 spiro atoms. The maximum absolute atomic E-state index is 13.0. The molecule has 3 heterocycles. The SMILES string of the molecule is Cc1ccc(CN2CC(C(=O)NC(c3nc(-c4ccncc4)no3)C(C)C)CC2=O)cc1. The molecule has 0 aliphatic carbocycles. The zero-order valence-electron chi connectivity index (χ0n) is 18.5. The number of aromatic nitrogens is 3. The van der Waals surface area contributed by atoms with Gasteiger partial charge in [-0.3, -0.25) is 14.6 Å². The lowest BCUT2D eigenvalue weighted by atomic mass is 10.0. The second kappa shape index (κ2) is 9.30. The minimum Gasteiger partial charge on any atom is -0.344 e. The number of nitrogens with one attached hydrogen (secondary N) is 1. The summed E-state index contributed by atoms with van der Waals surface area (Å²) in [5, 5.41) is 7.07. The van der Waals surface area contributed by atoms with Gasteiger partial charge in [0.1, 0.15) is 6.04 Å². The van der Waals surface area contributed by atoms with Gasteiger partial charge in [0, 0.05) is 37.5 Å². The van der Waals surface area contributed by atoms with Crippen LogP contribution in [0.3, 0.4) is 0 Å². The summed E-state index contributed by atoms with van der Waals surface area (Å²) in [7, 11) is 0. The van der Waals surface area contributed by atoms with Crippen molar-refractivity contribution in [3.63, 3.8) is 0 Å². The van der Waals surface area contributed by atoms with Crippen LogP contribution in [0.4, 0.5) is 0 Å². The Morgan fingerprint density at radius 1 is 1.19 bits per heavy atom. The molecule has 1 aliphatic rings. The Labute approximate surface area is 187 Å². The first-order chi connectivity index (χ1) is 15.4. The molecule has 0 radical (unpaired) electrons. The maximum atomic E-state index is 13.0. The molecule has 3 aromatic rings. The van der Waals surface area contributed by atoms with Gasteiger partial charge < -0.3 is 14.7 Å². The van der Waals surface area contributed by atoms with Crippen molar-refractivity contribution in [2.75, 3.05) is 6.54 Å². The number of carbonyl (C=O) groups is 2. The molecule has 32 heavy (non-hydrogen) atoms. The molecule has 2 unspecified atom stereocenters. The van der Waals surface area contributed by atoms with E-state index in [-0.39, 0.29) is 24.2 Å². The van der Waals surface area contributed by atoms with Crippen LogP contribution in [0.5, 0.6) is 0 Å². The highest BCUT2D eigenvalue weighted by Crippen LogP contribution is 2.26. The Morgan fingerprint density at radius 3 is 2.59 bits per heavy atom. The average Bonchev–Trinajstić information content (AvgIpc) is 3.41. The van der Waals surface area contributed by atoms with E-state index in [0.29, 0.717) is 24.8 Å². The molecule has 1 N–H and O–H groups in total. The van der Waals surface area contributed by atoms with Crippen molar-refractivity contribution in [3.05, 3.63) is 65.8 Å². The Balaban J connectivity index is 1.42. The minimum atomic E-state index is -0.438. The quantitative estimate of drug-likeness (QED) is 0.613. The molecule has 0 saturated carbocycles. The lowest BCUT2D eigenvalue weighted by molar-refractivity contribution is -0.129. The van der Waals surface area contributed by atoms with E-state index in [1.165, 1.54) is 5.56 Å². The average molecular weight is 434 g/mol. The van der Waals surface area contributed by atoms with Crippen molar-refractivity contribution < 1.29 is 14.1 Å². The van der Waals surface area contributed by atoms with E-state index in [1.54, 1.807) is 29.4 Å². The molecule has 2 atom stereocenters. The highest BCUT2D eigenvalue weighted by atomic mass is 16.5. The Hall–Kier alpha value is -3.55. The largest absolute Gasteiger partial charge is 0.344 e. The second-order valence-electron chi connectivity index (χ2n) is 8.58. The van der Waals surface area contributed by atoms with E-state index in [9.17, 15) is 9.59 Å². The predicted molar refractivity (Wildman–Crippen MR) is 118 cm³/mol. The number of rotatable bonds is 7. The van der Waals surface area contributed by atoms with Crippen LogP contribution < -0.4 is 5.32 Å². The fraction of sp³-hybridized carbons (Fsp3) is 0.375. The lowest BCUT2D eigenvalue weighted by Gasteiger charge is -2.21. The van der Waals surface area contributed by atoms with Gasteiger partial charge in [0.15, 0.2) is 0 Å². The zero-order chi connectivity index (χ0) is 22.7. The molecule has 0 bridgehead atoms. The topological polar surface area (TPSA) is 101 Å². The fourth-order valence-electron chi connectivity index (χ4n) is 3.78. The molecule has 8 nitrogen and oxygen atoms in total. The monoisotopic (exact) mass is 433 g/mol. The van der Waals surface area contributed by atoms with E-state index in [1.807, 2.05) is 45.0 Å². The standard InChI is InChI=1S/C24H27N5O3/c1-15(2)21(24-27-22(28-32-24)18-8-10-25-11-9-18)26-23(31)19-12-20(30)29(14-19)13-17-6-4-16(3)5-7-17/h4-11,15,19,21H,12-14H2,1-3H3,(H,26,31). The number of carbonyl (C=O) groups excluding carboxylic acids is 2. The van der Waals surface area contributed by atoms with Crippen molar-refractivity contribution in [2.24, 2.45) is 11.8 Å². The van der Waals surface area contributed by atoms with Crippen LogP contribution >= 0.6 is 0 Å². The van der Waals surface area contributed by atoms with Crippen molar-refractivity contribution >= 4 is 11.8 Å². The molecule has 1 saturated heterocycles. The molecule has 2 aromatic heterocycles. The van der Waals surface area contributed by atoms with Crippen molar-refractivity contribution in [2.45, 2.75) is 39.8 Å². The molecular formula is C24H27N5O3. The Kier molecular flexibility index (Phi) is 6.30. The van der Waals surface area contributed by atoms with Gasteiger partial charge >= 0.3 is 0 Å². The Bertz CT molecular complexity index is 1080. The van der Waals surface area contributed by atoms with Crippen LogP contribution in [0.1, 0.15) is 43.3 Å². The lowest BCUT2D eigenvalue weighted by Crippen LogP contribution is -2.37. The molecule has 1 aliphatic heterocycles. The van der Waals surface area contributed by atoms with Crippen LogP contribution in [0, 0.1) is 18.8 Å². The summed E-state index contributed by atoms with van der Waals surface area (Å²) in [5.41, 5.74) is 3.02. The first kappa shape index (κ1) is 21.7. The molecular weight excluding hydrogens is 406 g/mol. The van der Waals surface area contributed by atoms with Gasteiger partial charge in [-0.25, -0.2) is 0 Å².